The lowest BCUT2D eigenvalue weighted by atomic mass is 9.96. The highest BCUT2D eigenvalue weighted by atomic mass is 32.1. The molecule has 2 saturated carbocycles. The SMILES string of the molecule is Oc1ccc(/C=N/NC(=S)N[C@@H]2C[C@H]3CC[C@@H]2C3)cc1. The molecule has 2 aliphatic rings. The number of nitrogens with one attached hydrogen (secondary N) is 2. The summed E-state index contributed by atoms with van der Waals surface area (Å²) >= 11 is 5.27. The molecule has 2 bridgehead atoms. The van der Waals surface area contributed by atoms with Gasteiger partial charge < -0.3 is 10.4 Å². The Bertz CT molecular complexity index is 514. The van der Waals surface area contributed by atoms with E-state index >= 15 is 0 Å². The minimum absolute atomic E-state index is 0.253. The number of phenolic OH excluding ortho intramolecular Hbond substituents is 1. The smallest absolute Gasteiger partial charge is 0.187 e. The van der Waals surface area contributed by atoms with E-state index in [1.54, 1.807) is 30.5 Å². The first-order chi connectivity index (χ1) is 9.70. The van der Waals surface area contributed by atoms with Crippen LogP contribution in [0.15, 0.2) is 29.4 Å². The first-order valence-corrected chi connectivity index (χ1v) is 7.50. The summed E-state index contributed by atoms with van der Waals surface area (Å²) in [5.41, 5.74) is 3.77. The van der Waals surface area contributed by atoms with Gasteiger partial charge in [0.2, 0.25) is 0 Å². The van der Waals surface area contributed by atoms with Crippen molar-refractivity contribution >= 4 is 23.5 Å². The number of rotatable bonds is 3. The van der Waals surface area contributed by atoms with Crippen LogP contribution < -0.4 is 10.7 Å². The lowest BCUT2D eigenvalue weighted by Crippen LogP contribution is -2.42. The number of hydrazone groups is 1. The minimum Gasteiger partial charge on any atom is -0.508 e. The van der Waals surface area contributed by atoms with Gasteiger partial charge in [0.05, 0.1) is 6.21 Å². The van der Waals surface area contributed by atoms with E-state index in [1.807, 2.05) is 0 Å². The van der Waals surface area contributed by atoms with Gasteiger partial charge in [-0.3, -0.25) is 5.43 Å². The van der Waals surface area contributed by atoms with Gasteiger partial charge in [-0.1, -0.05) is 6.42 Å². The summed E-state index contributed by atoms with van der Waals surface area (Å²) in [6.45, 7) is 0. The summed E-state index contributed by atoms with van der Waals surface area (Å²) in [6, 6.07) is 7.39. The number of hydrogen-bond acceptors (Lipinski definition) is 3. The van der Waals surface area contributed by atoms with Crippen molar-refractivity contribution in [3.05, 3.63) is 29.8 Å². The maximum Gasteiger partial charge on any atom is 0.187 e. The first kappa shape index (κ1) is 13.4. The van der Waals surface area contributed by atoms with Crippen LogP contribution in [0.5, 0.6) is 5.75 Å². The minimum atomic E-state index is 0.253. The Morgan fingerprint density at radius 3 is 2.70 bits per heavy atom. The van der Waals surface area contributed by atoms with Crippen LogP contribution in [0.25, 0.3) is 0 Å². The molecular weight excluding hydrogens is 270 g/mol. The number of aromatic hydroxyl groups is 1. The second kappa shape index (κ2) is 5.79. The molecular formula is C15H19N3OS. The van der Waals surface area contributed by atoms with E-state index in [1.165, 1.54) is 25.7 Å². The van der Waals surface area contributed by atoms with Crippen molar-refractivity contribution in [3.63, 3.8) is 0 Å². The third-order valence-corrected chi connectivity index (χ3v) is 4.54. The lowest BCUT2D eigenvalue weighted by molar-refractivity contribution is 0.389. The molecule has 3 N–H and O–H groups in total. The Morgan fingerprint density at radius 2 is 2.05 bits per heavy atom. The first-order valence-electron chi connectivity index (χ1n) is 7.09. The van der Waals surface area contributed by atoms with Crippen molar-refractivity contribution in [3.8, 4) is 5.75 Å². The fourth-order valence-corrected chi connectivity index (χ4v) is 3.55. The monoisotopic (exact) mass is 289 g/mol. The largest absolute Gasteiger partial charge is 0.508 e. The predicted octanol–water partition coefficient (Wildman–Crippen LogP) is 2.38. The normalized spacial score (nSPS) is 27.9. The van der Waals surface area contributed by atoms with Gasteiger partial charge in [-0.05, 0) is 73.1 Å². The van der Waals surface area contributed by atoms with Gasteiger partial charge in [-0.2, -0.15) is 5.10 Å². The molecule has 0 saturated heterocycles. The highest BCUT2D eigenvalue weighted by Gasteiger charge is 2.39. The van der Waals surface area contributed by atoms with Gasteiger partial charge in [0.15, 0.2) is 5.11 Å². The van der Waals surface area contributed by atoms with Crippen molar-refractivity contribution in [2.24, 2.45) is 16.9 Å². The highest BCUT2D eigenvalue weighted by Crippen LogP contribution is 2.44. The summed E-state index contributed by atoms with van der Waals surface area (Å²) in [6.07, 6.45) is 7.02. The molecule has 1 aromatic rings. The van der Waals surface area contributed by atoms with Gasteiger partial charge in [0.1, 0.15) is 5.75 Å². The average Bonchev–Trinajstić information content (AvgIpc) is 3.03. The van der Waals surface area contributed by atoms with E-state index in [2.05, 4.69) is 15.8 Å². The fourth-order valence-electron chi connectivity index (χ4n) is 3.35. The molecule has 106 valence electrons. The molecule has 2 fully saturated rings. The Balaban J connectivity index is 1.46. The molecule has 0 aliphatic heterocycles. The maximum absolute atomic E-state index is 9.19. The van der Waals surface area contributed by atoms with Crippen LogP contribution in [-0.4, -0.2) is 22.5 Å². The number of phenols is 1. The van der Waals surface area contributed by atoms with Gasteiger partial charge in [-0.25, -0.2) is 0 Å². The van der Waals surface area contributed by atoms with E-state index in [9.17, 15) is 5.11 Å². The Labute approximate surface area is 124 Å². The molecule has 5 heteroatoms. The maximum atomic E-state index is 9.19. The van der Waals surface area contributed by atoms with Gasteiger partial charge >= 0.3 is 0 Å². The molecule has 4 nitrogen and oxygen atoms in total. The van der Waals surface area contributed by atoms with E-state index in [0.29, 0.717) is 11.2 Å². The van der Waals surface area contributed by atoms with E-state index in [0.717, 1.165) is 17.4 Å². The van der Waals surface area contributed by atoms with Gasteiger partial charge in [-0.15, -0.1) is 0 Å². The topological polar surface area (TPSA) is 56.7 Å². The molecule has 0 radical (unpaired) electrons. The van der Waals surface area contributed by atoms with Crippen molar-refractivity contribution in [2.75, 3.05) is 0 Å². The molecule has 1 aromatic carbocycles. The van der Waals surface area contributed by atoms with Crippen LogP contribution in [0, 0.1) is 11.8 Å². The van der Waals surface area contributed by atoms with Crippen LogP contribution in [0.3, 0.4) is 0 Å². The zero-order chi connectivity index (χ0) is 13.9. The molecule has 2 aliphatic carbocycles. The van der Waals surface area contributed by atoms with Crippen LogP contribution in [0.1, 0.15) is 31.2 Å². The molecule has 0 spiro atoms. The molecule has 0 aromatic heterocycles. The Hall–Kier alpha value is -1.62. The van der Waals surface area contributed by atoms with Crippen LogP contribution in [0.2, 0.25) is 0 Å². The van der Waals surface area contributed by atoms with E-state index < -0.39 is 0 Å². The van der Waals surface area contributed by atoms with Crippen LogP contribution in [0.4, 0.5) is 0 Å². The summed E-state index contributed by atoms with van der Waals surface area (Å²) in [5.74, 6) is 1.95. The molecule has 0 heterocycles. The highest BCUT2D eigenvalue weighted by molar-refractivity contribution is 7.80. The quantitative estimate of drug-likeness (QED) is 0.454. The molecule has 0 amide bonds. The summed E-state index contributed by atoms with van der Waals surface area (Å²) in [5, 5.41) is 17.3. The van der Waals surface area contributed by atoms with Crippen molar-refractivity contribution in [2.45, 2.75) is 31.7 Å². The zero-order valence-corrected chi connectivity index (χ0v) is 12.1. The van der Waals surface area contributed by atoms with Crippen LogP contribution in [-0.2, 0) is 0 Å². The van der Waals surface area contributed by atoms with Crippen LogP contribution >= 0.6 is 12.2 Å². The summed E-state index contributed by atoms with van der Waals surface area (Å²) in [7, 11) is 0. The number of fused-ring (bicyclic) bond motifs is 2. The second-order valence-corrected chi connectivity index (χ2v) is 6.12. The average molecular weight is 289 g/mol. The molecule has 0 unspecified atom stereocenters. The third kappa shape index (κ3) is 3.10. The number of thiocarbonyl (C=S) groups is 1. The van der Waals surface area contributed by atoms with Crippen molar-refractivity contribution in [1.82, 2.24) is 10.7 Å². The third-order valence-electron chi connectivity index (χ3n) is 4.33. The predicted molar refractivity (Wildman–Crippen MR) is 83.8 cm³/mol. The fraction of sp³-hybridized carbons (Fsp3) is 0.467. The summed E-state index contributed by atoms with van der Waals surface area (Å²) < 4.78 is 0. The van der Waals surface area contributed by atoms with E-state index in [-0.39, 0.29) is 5.75 Å². The zero-order valence-electron chi connectivity index (χ0n) is 11.2. The molecule has 20 heavy (non-hydrogen) atoms. The molecule has 3 atom stereocenters. The van der Waals surface area contributed by atoms with Crippen molar-refractivity contribution in [1.29, 1.82) is 0 Å². The number of nitrogens with zero attached hydrogens (tertiary/aromatic N) is 1. The number of benzene rings is 1. The van der Waals surface area contributed by atoms with E-state index in [4.69, 9.17) is 12.2 Å². The van der Waals surface area contributed by atoms with Gasteiger partial charge in [0.25, 0.3) is 0 Å². The number of hydrogen-bond donors (Lipinski definition) is 3. The standard InChI is InChI=1S/C15H19N3OS/c19-13-5-2-10(3-6-13)9-16-18-15(20)17-14-8-11-1-4-12(14)7-11/h2-3,5-6,9,11-12,14,19H,1,4,7-8H2,(H2,17,18,20)/b16-9+/t11-,12+,14+/m0/s1. The Kier molecular flexibility index (Phi) is 3.87. The van der Waals surface area contributed by atoms with Gasteiger partial charge in [0, 0.05) is 6.04 Å². The Morgan fingerprint density at radius 1 is 1.25 bits per heavy atom. The molecule has 3 rings (SSSR count). The lowest BCUT2D eigenvalue weighted by Gasteiger charge is -2.23. The summed E-state index contributed by atoms with van der Waals surface area (Å²) in [4.78, 5) is 0. The second-order valence-electron chi connectivity index (χ2n) is 5.72. The van der Waals surface area contributed by atoms with Crippen molar-refractivity contribution < 1.29 is 5.11 Å².